The highest BCUT2D eigenvalue weighted by molar-refractivity contribution is 7.17. The van der Waals surface area contributed by atoms with E-state index in [1.54, 1.807) is 29.8 Å². The predicted octanol–water partition coefficient (Wildman–Crippen LogP) is 4.78. The molecule has 0 atom stereocenters. The van der Waals surface area contributed by atoms with Crippen LogP contribution in [0, 0.1) is 0 Å². The monoisotopic (exact) mass is 423 g/mol. The maximum atomic E-state index is 12.5. The van der Waals surface area contributed by atoms with Crippen LogP contribution in [-0.2, 0) is 11.2 Å². The van der Waals surface area contributed by atoms with Crippen LogP contribution >= 0.6 is 22.7 Å². The zero-order chi connectivity index (χ0) is 20.1. The Morgan fingerprint density at radius 3 is 2.76 bits per heavy atom. The van der Waals surface area contributed by atoms with Gasteiger partial charge in [0.1, 0.15) is 10.7 Å². The number of hydrogen-bond acceptors (Lipinski definition) is 6. The van der Waals surface area contributed by atoms with E-state index in [-0.39, 0.29) is 5.91 Å². The molecule has 5 nitrogen and oxygen atoms in total. The number of thiazole rings is 1. The minimum Gasteiger partial charge on any atom is -0.385 e. The van der Waals surface area contributed by atoms with Crippen LogP contribution in [0.4, 0.5) is 0 Å². The number of rotatable bonds is 8. The average molecular weight is 424 g/mol. The van der Waals surface area contributed by atoms with E-state index >= 15 is 0 Å². The van der Waals surface area contributed by atoms with E-state index in [1.165, 1.54) is 5.56 Å². The lowest BCUT2D eigenvalue weighted by atomic mass is 10.0. The van der Waals surface area contributed by atoms with Gasteiger partial charge >= 0.3 is 0 Å². The average Bonchev–Trinajstić information content (AvgIpc) is 3.43. The fourth-order valence-corrected chi connectivity index (χ4v) is 4.63. The molecule has 3 heterocycles. The molecule has 0 saturated heterocycles. The number of carbonyl (C=O) groups is 1. The number of fused-ring (bicyclic) bond motifs is 1. The van der Waals surface area contributed by atoms with E-state index in [9.17, 15) is 4.79 Å². The first-order valence-corrected chi connectivity index (χ1v) is 11.1. The Morgan fingerprint density at radius 1 is 1.14 bits per heavy atom. The summed E-state index contributed by atoms with van der Waals surface area (Å²) in [6, 6.07) is 12.3. The lowest BCUT2D eigenvalue weighted by Crippen LogP contribution is -2.26. The second-order valence-corrected chi connectivity index (χ2v) is 8.43. The highest BCUT2D eigenvalue weighted by atomic mass is 32.1. The van der Waals surface area contributed by atoms with E-state index in [2.05, 4.69) is 39.6 Å². The molecule has 148 valence electrons. The van der Waals surface area contributed by atoms with Crippen molar-refractivity contribution in [3.8, 4) is 10.6 Å². The van der Waals surface area contributed by atoms with Crippen LogP contribution in [-0.4, -0.2) is 36.1 Å². The molecule has 3 aromatic heterocycles. The van der Waals surface area contributed by atoms with Crippen LogP contribution in [0.25, 0.3) is 20.8 Å². The van der Waals surface area contributed by atoms with Gasteiger partial charge in [-0.25, -0.2) is 9.97 Å². The first kappa shape index (κ1) is 19.7. The summed E-state index contributed by atoms with van der Waals surface area (Å²) in [6.07, 6.45) is 3.35. The van der Waals surface area contributed by atoms with Crippen molar-refractivity contribution in [1.82, 2.24) is 15.3 Å². The highest BCUT2D eigenvalue weighted by Gasteiger charge is 2.13. The Morgan fingerprint density at radius 2 is 2.00 bits per heavy atom. The molecular formula is C22H21N3O2S2. The topological polar surface area (TPSA) is 64.1 Å². The number of amides is 1. The van der Waals surface area contributed by atoms with E-state index in [0.29, 0.717) is 18.8 Å². The molecule has 0 aliphatic rings. The van der Waals surface area contributed by atoms with Gasteiger partial charge in [-0.3, -0.25) is 4.79 Å². The largest absolute Gasteiger partial charge is 0.385 e. The van der Waals surface area contributed by atoms with Gasteiger partial charge in [0, 0.05) is 37.4 Å². The molecule has 0 bridgehead atoms. The standard InChI is InChI=1S/C22H21N3O2S2/c1-27-10-2-8-23-21(26)19-14-17(20-18(25-19)7-11-28-20)13-15-3-5-16(6-4-15)22-24-9-12-29-22/h3-7,9,11-12,14H,2,8,10,13H2,1H3,(H,23,26). The Hall–Kier alpha value is -2.61. The van der Waals surface area contributed by atoms with Crippen molar-refractivity contribution in [3.63, 3.8) is 0 Å². The van der Waals surface area contributed by atoms with E-state index in [1.807, 2.05) is 29.1 Å². The number of carbonyl (C=O) groups excluding carboxylic acids is 1. The van der Waals surface area contributed by atoms with Gasteiger partial charge in [-0.15, -0.1) is 22.7 Å². The van der Waals surface area contributed by atoms with Crippen LogP contribution < -0.4 is 5.32 Å². The fourth-order valence-electron chi connectivity index (χ4n) is 3.13. The normalized spacial score (nSPS) is 11.1. The molecule has 0 radical (unpaired) electrons. The molecular weight excluding hydrogens is 402 g/mol. The second-order valence-electron chi connectivity index (χ2n) is 6.61. The number of hydrogen-bond donors (Lipinski definition) is 1. The van der Waals surface area contributed by atoms with Gasteiger partial charge in [-0.2, -0.15) is 0 Å². The van der Waals surface area contributed by atoms with E-state index in [4.69, 9.17) is 4.74 Å². The van der Waals surface area contributed by atoms with Crippen molar-refractivity contribution in [1.29, 1.82) is 0 Å². The van der Waals surface area contributed by atoms with Crippen molar-refractivity contribution in [3.05, 3.63) is 70.2 Å². The molecule has 4 rings (SSSR count). The summed E-state index contributed by atoms with van der Waals surface area (Å²) < 4.78 is 6.15. The lowest BCUT2D eigenvalue weighted by molar-refractivity contribution is 0.0944. The van der Waals surface area contributed by atoms with Crippen molar-refractivity contribution < 1.29 is 9.53 Å². The third-order valence-corrected chi connectivity index (χ3v) is 6.36. The summed E-state index contributed by atoms with van der Waals surface area (Å²) in [5.41, 5.74) is 4.76. The van der Waals surface area contributed by atoms with Gasteiger partial charge in [0.2, 0.25) is 0 Å². The molecule has 29 heavy (non-hydrogen) atoms. The third-order valence-electron chi connectivity index (χ3n) is 4.56. The summed E-state index contributed by atoms with van der Waals surface area (Å²) in [5.74, 6) is -0.144. The molecule has 0 saturated carbocycles. The fraction of sp³-hybridized carbons (Fsp3) is 0.227. The van der Waals surface area contributed by atoms with E-state index < -0.39 is 0 Å². The molecule has 0 fully saturated rings. The van der Waals surface area contributed by atoms with Gasteiger partial charge in [0.05, 0.1) is 10.2 Å². The Balaban J connectivity index is 1.55. The Kier molecular flexibility index (Phi) is 6.29. The number of thiophene rings is 1. The summed E-state index contributed by atoms with van der Waals surface area (Å²) in [6.45, 7) is 1.20. The third kappa shape index (κ3) is 4.70. The second kappa shape index (κ2) is 9.26. The predicted molar refractivity (Wildman–Crippen MR) is 119 cm³/mol. The Bertz CT molecular complexity index is 1090. The molecule has 1 aromatic carbocycles. The molecule has 1 N–H and O–H groups in total. The molecule has 0 aliphatic carbocycles. The summed E-state index contributed by atoms with van der Waals surface area (Å²) >= 11 is 3.29. The minimum atomic E-state index is -0.144. The Labute approximate surface area is 177 Å². The van der Waals surface area contributed by atoms with Gasteiger partial charge in [0.25, 0.3) is 5.91 Å². The number of methoxy groups -OCH3 is 1. The van der Waals surface area contributed by atoms with Crippen molar-refractivity contribution >= 4 is 38.8 Å². The summed E-state index contributed by atoms with van der Waals surface area (Å²) in [4.78, 5) is 21.4. The van der Waals surface area contributed by atoms with Crippen molar-refractivity contribution in [2.75, 3.05) is 20.3 Å². The number of aromatic nitrogens is 2. The SMILES string of the molecule is COCCCNC(=O)c1cc(Cc2ccc(-c3nccs3)cc2)c2sccc2n1. The van der Waals surface area contributed by atoms with Crippen LogP contribution in [0.5, 0.6) is 0 Å². The number of ether oxygens (including phenoxy) is 1. The lowest BCUT2D eigenvalue weighted by Gasteiger charge is -2.09. The number of nitrogens with one attached hydrogen (secondary N) is 1. The molecule has 1 amide bonds. The highest BCUT2D eigenvalue weighted by Crippen LogP contribution is 2.28. The number of nitrogens with zero attached hydrogens (tertiary/aromatic N) is 2. The van der Waals surface area contributed by atoms with Gasteiger partial charge in [-0.1, -0.05) is 24.3 Å². The van der Waals surface area contributed by atoms with Gasteiger partial charge < -0.3 is 10.1 Å². The molecule has 7 heteroatoms. The zero-order valence-corrected chi connectivity index (χ0v) is 17.7. The molecule has 4 aromatic rings. The van der Waals surface area contributed by atoms with Crippen LogP contribution in [0.3, 0.4) is 0 Å². The van der Waals surface area contributed by atoms with Gasteiger partial charge in [0.15, 0.2) is 0 Å². The van der Waals surface area contributed by atoms with Crippen LogP contribution in [0.2, 0.25) is 0 Å². The van der Waals surface area contributed by atoms with Crippen molar-refractivity contribution in [2.24, 2.45) is 0 Å². The molecule has 0 spiro atoms. The van der Waals surface area contributed by atoms with Crippen LogP contribution in [0.15, 0.2) is 53.4 Å². The van der Waals surface area contributed by atoms with Crippen LogP contribution in [0.1, 0.15) is 28.0 Å². The molecule has 0 aliphatic heterocycles. The summed E-state index contributed by atoms with van der Waals surface area (Å²) in [5, 5.41) is 7.95. The number of pyridine rings is 1. The number of benzene rings is 1. The van der Waals surface area contributed by atoms with Gasteiger partial charge in [-0.05, 0) is 41.5 Å². The zero-order valence-electron chi connectivity index (χ0n) is 16.1. The first-order valence-electron chi connectivity index (χ1n) is 9.37. The molecule has 0 unspecified atom stereocenters. The van der Waals surface area contributed by atoms with E-state index in [0.717, 1.165) is 39.2 Å². The quantitative estimate of drug-likeness (QED) is 0.414. The minimum absolute atomic E-state index is 0.144. The smallest absolute Gasteiger partial charge is 0.269 e. The van der Waals surface area contributed by atoms with Crippen molar-refractivity contribution in [2.45, 2.75) is 12.8 Å². The summed E-state index contributed by atoms with van der Waals surface area (Å²) in [7, 11) is 1.66. The maximum absolute atomic E-state index is 12.5. The maximum Gasteiger partial charge on any atom is 0.269 e. The first-order chi connectivity index (χ1) is 14.2.